The van der Waals surface area contributed by atoms with Crippen LogP contribution in [-0.4, -0.2) is 0 Å². The number of hydrogen-bond acceptors (Lipinski definition) is 0. The zero-order valence-electron chi connectivity index (χ0n) is 14.5. The van der Waals surface area contributed by atoms with Crippen LogP contribution in [0.15, 0.2) is 55.1 Å². The van der Waals surface area contributed by atoms with E-state index in [2.05, 4.69) is 69.0 Å². The summed E-state index contributed by atoms with van der Waals surface area (Å²) >= 11 is 0. The maximum absolute atomic E-state index is 3.83. The quantitative estimate of drug-likeness (QED) is 0.599. The first-order chi connectivity index (χ1) is 11.2. The van der Waals surface area contributed by atoms with Crippen molar-refractivity contribution in [3.05, 3.63) is 77.4 Å². The van der Waals surface area contributed by atoms with Crippen LogP contribution in [0, 0.1) is 18.8 Å². The van der Waals surface area contributed by atoms with Gasteiger partial charge in [-0.3, -0.25) is 0 Å². The van der Waals surface area contributed by atoms with Crippen LogP contribution in [-0.2, 0) is 6.42 Å². The van der Waals surface area contributed by atoms with Crippen molar-refractivity contribution in [2.45, 2.75) is 45.4 Å². The highest BCUT2D eigenvalue weighted by molar-refractivity contribution is 5.47. The molecule has 0 heterocycles. The van der Waals surface area contributed by atoms with Gasteiger partial charge in [0.25, 0.3) is 0 Å². The fraction of sp³-hybridized carbons (Fsp3) is 0.391. The Morgan fingerprint density at radius 1 is 1.09 bits per heavy atom. The Kier molecular flexibility index (Phi) is 5.00. The van der Waals surface area contributed by atoms with Gasteiger partial charge in [0.15, 0.2) is 0 Å². The second kappa shape index (κ2) is 7.17. The molecule has 2 aromatic rings. The summed E-state index contributed by atoms with van der Waals surface area (Å²) < 4.78 is 0. The van der Waals surface area contributed by atoms with Crippen LogP contribution in [0.2, 0.25) is 0 Å². The number of aryl methyl sites for hydroxylation is 2. The third-order valence-electron chi connectivity index (χ3n) is 5.56. The van der Waals surface area contributed by atoms with Gasteiger partial charge in [-0.1, -0.05) is 73.7 Å². The van der Waals surface area contributed by atoms with E-state index in [-0.39, 0.29) is 0 Å². The molecule has 0 aliphatic heterocycles. The number of hydrogen-bond donors (Lipinski definition) is 0. The molecule has 0 bridgehead atoms. The van der Waals surface area contributed by atoms with Crippen LogP contribution in [0.3, 0.4) is 0 Å². The minimum absolute atomic E-state index is 0.738. The molecular formula is C23H28. The molecule has 1 saturated carbocycles. The van der Waals surface area contributed by atoms with E-state index in [1.54, 1.807) is 5.56 Å². The topological polar surface area (TPSA) is 0 Å². The van der Waals surface area contributed by atoms with Crippen LogP contribution in [0.5, 0.6) is 0 Å². The Bertz CT molecular complexity index is 650. The van der Waals surface area contributed by atoms with Crippen molar-refractivity contribution in [1.29, 1.82) is 0 Å². The first-order valence-corrected chi connectivity index (χ1v) is 8.95. The summed E-state index contributed by atoms with van der Waals surface area (Å²) in [5.41, 5.74) is 5.61. The average Bonchev–Trinajstić information content (AvgIpc) is 2.94. The minimum Gasteiger partial charge on any atom is -0.0985 e. The summed E-state index contributed by atoms with van der Waals surface area (Å²) in [5, 5.41) is 0. The zero-order valence-corrected chi connectivity index (χ0v) is 14.5. The molecule has 1 aliphatic carbocycles. The molecule has 2 aromatic carbocycles. The molecule has 0 amide bonds. The smallest absolute Gasteiger partial charge is 0.0108 e. The second-order valence-electron chi connectivity index (χ2n) is 7.24. The maximum atomic E-state index is 3.83. The lowest BCUT2D eigenvalue weighted by Crippen LogP contribution is -2.12. The van der Waals surface area contributed by atoms with E-state index in [1.807, 2.05) is 6.08 Å². The first kappa shape index (κ1) is 16.1. The van der Waals surface area contributed by atoms with Crippen LogP contribution in [0.1, 0.15) is 54.4 Å². The Balaban J connectivity index is 1.69. The molecule has 0 spiro atoms. The maximum Gasteiger partial charge on any atom is -0.0108 e. The van der Waals surface area contributed by atoms with Crippen molar-refractivity contribution in [1.82, 2.24) is 0 Å². The van der Waals surface area contributed by atoms with Gasteiger partial charge in [0.2, 0.25) is 0 Å². The van der Waals surface area contributed by atoms with Crippen LogP contribution in [0.4, 0.5) is 0 Å². The minimum atomic E-state index is 0.738. The molecule has 0 radical (unpaired) electrons. The molecule has 0 nitrogen and oxygen atoms in total. The molecule has 1 fully saturated rings. The van der Waals surface area contributed by atoms with Gasteiger partial charge < -0.3 is 0 Å². The predicted octanol–water partition coefficient (Wildman–Crippen LogP) is 6.40. The third kappa shape index (κ3) is 3.75. The van der Waals surface area contributed by atoms with Gasteiger partial charge in [0.1, 0.15) is 0 Å². The molecule has 3 rings (SSSR count). The normalized spacial score (nSPS) is 23.8. The molecule has 0 aromatic heterocycles. The predicted molar refractivity (Wildman–Crippen MR) is 101 cm³/mol. The molecule has 1 aliphatic rings. The van der Waals surface area contributed by atoms with Crippen molar-refractivity contribution in [2.75, 3.05) is 0 Å². The van der Waals surface area contributed by atoms with E-state index < -0.39 is 0 Å². The summed E-state index contributed by atoms with van der Waals surface area (Å²) in [5.74, 6) is 2.37. The Morgan fingerprint density at radius 3 is 2.57 bits per heavy atom. The Hall–Kier alpha value is -1.82. The summed E-state index contributed by atoms with van der Waals surface area (Å²) in [4.78, 5) is 0. The number of rotatable bonds is 5. The van der Waals surface area contributed by atoms with Gasteiger partial charge in [0, 0.05) is 0 Å². The van der Waals surface area contributed by atoms with Gasteiger partial charge >= 0.3 is 0 Å². The molecule has 0 saturated heterocycles. The monoisotopic (exact) mass is 304 g/mol. The molecular weight excluding hydrogens is 276 g/mol. The van der Waals surface area contributed by atoms with Gasteiger partial charge in [-0.2, -0.15) is 0 Å². The Labute approximate surface area is 141 Å². The first-order valence-electron chi connectivity index (χ1n) is 8.95. The van der Waals surface area contributed by atoms with Gasteiger partial charge in [-0.05, 0) is 67.1 Å². The van der Waals surface area contributed by atoms with E-state index >= 15 is 0 Å². The molecule has 3 unspecified atom stereocenters. The Morgan fingerprint density at radius 2 is 1.87 bits per heavy atom. The highest BCUT2D eigenvalue weighted by Gasteiger charge is 2.33. The number of benzene rings is 2. The van der Waals surface area contributed by atoms with E-state index in [9.17, 15) is 0 Å². The summed E-state index contributed by atoms with van der Waals surface area (Å²) in [7, 11) is 0. The van der Waals surface area contributed by atoms with E-state index in [1.165, 1.54) is 42.4 Å². The molecule has 3 atom stereocenters. The molecule has 0 N–H and O–H groups in total. The van der Waals surface area contributed by atoms with Crippen molar-refractivity contribution >= 4 is 6.08 Å². The lowest BCUT2D eigenvalue weighted by Gasteiger charge is -2.24. The largest absolute Gasteiger partial charge is 0.0985 e. The summed E-state index contributed by atoms with van der Waals surface area (Å²) in [6.07, 6.45) is 7.16. The molecule has 0 heteroatoms. The standard InChI is InChI=1S/C23H28/c1-4-19-9-11-20(12-10-19)13-15-21-14-8-18(3)23(21)22-7-5-6-17(2)16-22/h4-7,9-12,16,18,21,23H,1,8,13-15H2,2-3H3. The highest BCUT2D eigenvalue weighted by atomic mass is 14.4. The molecule has 23 heavy (non-hydrogen) atoms. The third-order valence-corrected chi connectivity index (χ3v) is 5.56. The van der Waals surface area contributed by atoms with E-state index in [0.29, 0.717) is 0 Å². The fourth-order valence-corrected chi connectivity index (χ4v) is 4.28. The summed E-state index contributed by atoms with van der Waals surface area (Å²) in [6.45, 7) is 8.47. The van der Waals surface area contributed by atoms with E-state index in [4.69, 9.17) is 0 Å². The van der Waals surface area contributed by atoms with Crippen molar-refractivity contribution < 1.29 is 0 Å². The zero-order chi connectivity index (χ0) is 16.2. The van der Waals surface area contributed by atoms with Crippen molar-refractivity contribution in [2.24, 2.45) is 11.8 Å². The second-order valence-corrected chi connectivity index (χ2v) is 7.24. The summed E-state index contributed by atoms with van der Waals surface area (Å²) in [6, 6.07) is 18.0. The van der Waals surface area contributed by atoms with Gasteiger partial charge in [0.05, 0.1) is 0 Å². The fourth-order valence-electron chi connectivity index (χ4n) is 4.28. The molecule has 120 valence electrons. The average molecular weight is 304 g/mol. The van der Waals surface area contributed by atoms with Crippen LogP contribution < -0.4 is 0 Å². The highest BCUT2D eigenvalue weighted by Crippen LogP contribution is 2.46. The van der Waals surface area contributed by atoms with Crippen LogP contribution >= 0.6 is 0 Å². The van der Waals surface area contributed by atoms with Crippen molar-refractivity contribution in [3.63, 3.8) is 0 Å². The lowest BCUT2D eigenvalue weighted by atomic mass is 9.81. The van der Waals surface area contributed by atoms with E-state index in [0.717, 1.165) is 17.8 Å². The van der Waals surface area contributed by atoms with Crippen molar-refractivity contribution in [3.8, 4) is 0 Å². The lowest BCUT2D eigenvalue weighted by molar-refractivity contribution is 0.408. The SMILES string of the molecule is C=Cc1ccc(CCC2CCC(C)C2c2cccc(C)c2)cc1. The van der Waals surface area contributed by atoms with Crippen LogP contribution in [0.25, 0.3) is 6.08 Å². The van der Waals surface area contributed by atoms with Gasteiger partial charge in [-0.25, -0.2) is 0 Å². The van der Waals surface area contributed by atoms with Gasteiger partial charge in [-0.15, -0.1) is 0 Å².